The van der Waals surface area contributed by atoms with Gasteiger partial charge in [0.1, 0.15) is 5.82 Å². The van der Waals surface area contributed by atoms with Crippen molar-refractivity contribution in [2.24, 2.45) is 0 Å². The third-order valence-electron chi connectivity index (χ3n) is 3.71. The van der Waals surface area contributed by atoms with Crippen molar-refractivity contribution in [1.29, 1.82) is 0 Å². The number of carbonyl (C=O) groups excluding carboxylic acids is 3. The van der Waals surface area contributed by atoms with Crippen LogP contribution in [0.4, 0.5) is 15.8 Å². The molecule has 0 atom stereocenters. The van der Waals surface area contributed by atoms with Crippen molar-refractivity contribution in [2.45, 2.75) is 18.7 Å². The SMILES string of the molecule is CC(=O)c1ccc(SCC(=O)Nc2ccc(N(C)C(C)=O)cc2)c(F)c1. The molecule has 5 nitrogen and oxygen atoms in total. The van der Waals surface area contributed by atoms with Crippen molar-refractivity contribution in [3.8, 4) is 0 Å². The van der Waals surface area contributed by atoms with E-state index in [2.05, 4.69) is 5.32 Å². The fourth-order valence-electron chi connectivity index (χ4n) is 2.13. The van der Waals surface area contributed by atoms with E-state index < -0.39 is 5.82 Å². The Hall–Kier alpha value is -2.67. The molecule has 0 aliphatic rings. The summed E-state index contributed by atoms with van der Waals surface area (Å²) in [5.41, 5.74) is 1.60. The number of nitrogens with one attached hydrogen (secondary N) is 1. The number of thioether (sulfide) groups is 1. The van der Waals surface area contributed by atoms with E-state index >= 15 is 0 Å². The fraction of sp³-hybridized carbons (Fsp3) is 0.211. The number of carbonyl (C=O) groups is 3. The molecule has 2 aromatic rings. The van der Waals surface area contributed by atoms with Gasteiger partial charge in [-0.1, -0.05) is 6.07 Å². The minimum atomic E-state index is -0.521. The Morgan fingerprint density at radius 2 is 1.73 bits per heavy atom. The Morgan fingerprint density at radius 1 is 1.08 bits per heavy atom. The smallest absolute Gasteiger partial charge is 0.234 e. The lowest BCUT2D eigenvalue weighted by Gasteiger charge is -2.15. The molecule has 0 aliphatic carbocycles. The van der Waals surface area contributed by atoms with Crippen molar-refractivity contribution < 1.29 is 18.8 Å². The van der Waals surface area contributed by atoms with Crippen LogP contribution in [0.5, 0.6) is 0 Å². The molecule has 0 aromatic heterocycles. The minimum Gasteiger partial charge on any atom is -0.325 e. The molecule has 0 radical (unpaired) electrons. The Labute approximate surface area is 155 Å². The highest BCUT2D eigenvalue weighted by atomic mass is 32.2. The summed E-state index contributed by atoms with van der Waals surface area (Å²) in [6, 6.07) is 11.0. The van der Waals surface area contributed by atoms with E-state index in [0.717, 1.165) is 17.4 Å². The zero-order valence-electron chi connectivity index (χ0n) is 14.7. The van der Waals surface area contributed by atoms with E-state index in [0.29, 0.717) is 16.1 Å². The van der Waals surface area contributed by atoms with Crippen molar-refractivity contribution in [3.63, 3.8) is 0 Å². The summed E-state index contributed by atoms with van der Waals surface area (Å²) < 4.78 is 13.9. The van der Waals surface area contributed by atoms with Crippen LogP contribution in [0, 0.1) is 5.82 Å². The molecule has 0 unspecified atom stereocenters. The van der Waals surface area contributed by atoms with E-state index in [1.807, 2.05) is 0 Å². The van der Waals surface area contributed by atoms with Crippen LogP contribution >= 0.6 is 11.8 Å². The number of ketones is 1. The van der Waals surface area contributed by atoms with E-state index in [4.69, 9.17) is 0 Å². The number of nitrogens with zero attached hydrogens (tertiary/aromatic N) is 1. The highest BCUT2D eigenvalue weighted by molar-refractivity contribution is 8.00. The van der Waals surface area contributed by atoms with E-state index in [-0.39, 0.29) is 23.4 Å². The van der Waals surface area contributed by atoms with Crippen molar-refractivity contribution in [1.82, 2.24) is 0 Å². The average molecular weight is 374 g/mol. The van der Waals surface area contributed by atoms with Crippen molar-refractivity contribution in [3.05, 3.63) is 53.8 Å². The lowest BCUT2D eigenvalue weighted by Crippen LogP contribution is -2.22. The molecular weight excluding hydrogens is 355 g/mol. The molecule has 0 bridgehead atoms. The van der Waals surface area contributed by atoms with Gasteiger partial charge in [0.2, 0.25) is 11.8 Å². The summed E-state index contributed by atoms with van der Waals surface area (Å²) in [4.78, 5) is 36.4. The molecule has 2 aromatic carbocycles. The number of hydrogen-bond donors (Lipinski definition) is 1. The molecule has 136 valence electrons. The number of rotatable bonds is 6. The number of halogens is 1. The van der Waals surface area contributed by atoms with Gasteiger partial charge in [0.15, 0.2) is 5.78 Å². The normalized spacial score (nSPS) is 10.3. The van der Waals surface area contributed by atoms with E-state index in [1.54, 1.807) is 31.3 Å². The van der Waals surface area contributed by atoms with Crippen LogP contribution in [-0.2, 0) is 9.59 Å². The maximum Gasteiger partial charge on any atom is 0.234 e. The Kier molecular flexibility index (Phi) is 6.52. The maximum atomic E-state index is 13.9. The quantitative estimate of drug-likeness (QED) is 0.618. The summed E-state index contributed by atoms with van der Waals surface area (Å²) in [5.74, 6) is -1.07. The average Bonchev–Trinajstić information content (AvgIpc) is 2.60. The van der Waals surface area contributed by atoms with Crippen LogP contribution in [0.25, 0.3) is 0 Å². The third-order valence-corrected chi connectivity index (χ3v) is 4.76. The number of benzene rings is 2. The van der Waals surface area contributed by atoms with Gasteiger partial charge in [-0.3, -0.25) is 14.4 Å². The maximum absolute atomic E-state index is 13.9. The van der Waals surface area contributed by atoms with E-state index in [1.165, 1.54) is 36.9 Å². The molecule has 0 fully saturated rings. The van der Waals surface area contributed by atoms with Crippen molar-refractivity contribution in [2.75, 3.05) is 23.0 Å². The topological polar surface area (TPSA) is 66.5 Å². The molecule has 1 N–H and O–H groups in total. The first-order valence-electron chi connectivity index (χ1n) is 7.85. The largest absolute Gasteiger partial charge is 0.325 e. The molecule has 7 heteroatoms. The van der Waals surface area contributed by atoms with Crippen LogP contribution in [0.3, 0.4) is 0 Å². The lowest BCUT2D eigenvalue weighted by molar-refractivity contribution is -0.116. The van der Waals surface area contributed by atoms with Gasteiger partial charge in [-0.15, -0.1) is 11.8 Å². The van der Waals surface area contributed by atoms with Gasteiger partial charge < -0.3 is 10.2 Å². The molecule has 26 heavy (non-hydrogen) atoms. The second-order valence-corrected chi connectivity index (χ2v) is 6.68. The summed E-state index contributed by atoms with van der Waals surface area (Å²) >= 11 is 1.06. The second-order valence-electron chi connectivity index (χ2n) is 5.66. The van der Waals surface area contributed by atoms with E-state index in [9.17, 15) is 18.8 Å². The molecule has 0 saturated heterocycles. The lowest BCUT2D eigenvalue weighted by atomic mass is 10.1. The van der Waals surface area contributed by atoms with Gasteiger partial charge in [0.25, 0.3) is 0 Å². The summed E-state index contributed by atoms with van der Waals surface area (Å²) in [7, 11) is 1.67. The fourth-order valence-corrected chi connectivity index (χ4v) is 2.85. The first-order chi connectivity index (χ1) is 12.3. The molecule has 2 amide bonds. The van der Waals surface area contributed by atoms with Crippen LogP contribution in [0.15, 0.2) is 47.4 Å². The minimum absolute atomic E-state index is 0.0332. The van der Waals surface area contributed by atoms with Gasteiger partial charge in [-0.25, -0.2) is 4.39 Å². The molecule has 0 saturated carbocycles. The van der Waals surface area contributed by atoms with Crippen LogP contribution in [0.2, 0.25) is 0 Å². The molecule has 2 rings (SSSR count). The van der Waals surface area contributed by atoms with Gasteiger partial charge >= 0.3 is 0 Å². The predicted molar refractivity (Wildman–Crippen MR) is 101 cm³/mol. The molecule has 0 aliphatic heterocycles. The van der Waals surface area contributed by atoms with Gasteiger partial charge in [-0.05, 0) is 43.3 Å². The number of hydrogen-bond acceptors (Lipinski definition) is 4. The Balaban J connectivity index is 1.93. The summed E-state index contributed by atoms with van der Waals surface area (Å²) in [6.07, 6.45) is 0. The van der Waals surface area contributed by atoms with Gasteiger partial charge in [0, 0.05) is 35.8 Å². The van der Waals surface area contributed by atoms with Crippen LogP contribution < -0.4 is 10.2 Å². The van der Waals surface area contributed by atoms with Crippen LogP contribution in [-0.4, -0.2) is 30.4 Å². The Bertz CT molecular complexity index is 837. The number of Topliss-reactive ketones (excluding diaryl/α,β-unsaturated/α-hetero) is 1. The first-order valence-corrected chi connectivity index (χ1v) is 8.84. The summed E-state index contributed by atoms with van der Waals surface area (Å²) in [5, 5.41) is 2.72. The molecule has 0 heterocycles. The summed E-state index contributed by atoms with van der Waals surface area (Å²) in [6.45, 7) is 2.84. The highest BCUT2D eigenvalue weighted by Crippen LogP contribution is 2.23. The predicted octanol–water partition coefficient (Wildman–Crippen LogP) is 3.74. The first kappa shape index (κ1) is 19.7. The van der Waals surface area contributed by atoms with Gasteiger partial charge in [0.05, 0.1) is 5.75 Å². The number of anilines is 2. The second kappa shape index (κ2) is 8.62. The Morgan fingerprint density at radius 3 is 2.27 bits per heavy atom. The third kappa shape index (κ3) is 5.16. The molecule has 0 spiro atoms. The van der Waals surface area contributed by atoms with Crippen LogP contribution in [0.1, 0.15) is 24.2 Å². The zero-order chi connectivity index (χ0) is 19.3. The van der Waals surface area contributed by atoms with Crippen molar-refractivity contribution >= 4 is 40.7 Å². The molecular formula is C19H19FN2O3S. The van der Waals surface area contributed by atoms with Gasteiger partial charge in [-0.2, -0.15) is 0 Å². The number of amides is 2. The zero-order valence-corrected chi connectivity index (χ0v) is 15.5. The monoisotopic (exact) mass is 374 g/mol. The standard InChI is InChI=1S/C19H19FN2O3S/c1-12(23)14-4-9-18(17(20)10-14)26-11-19(25)21-15-5-7-16(8-6-15)22(3)13(2)24/h4-10H,11H2,1-3H3,(H,21,25). The highest BCUT2D eigenvalue weighted by Gasteiger charge is 2.10.